The average Bonchev–Trinajstić information content (AvgIpc) is 3.09. The molecule has 1 aliphatic heterocycles. The predicted octanol–water partition coefficient (Wildman–Crippen LogP) is 5.63. The molecular weight excluding hydrogens is 692 g/mol. The van der Waals surface area contributed by atoms with Crippen LogP contribution in [0.5, 0.6) is 0 Å². The maximum Gasteiger partial charge on any atom is 0.485 e. The zero-order chi connectivity index (χ0) is 37.8. The van der Waals surface area contributed by atoms with Crippen LogP contribution in [-0.4, -0.2) is 24.4 Å². The van der Waals surface area contributed by atoms with Gasteiger partial charge in [0.05, 0.1) is 17.0 Å². The van der Waals surface area contributed by atoms with E-state index < -0.39 is 21.6 Å². The zero-order valence-corrected chi connectivity index (χ0v) is 29.0. The number of benzene rings is 5. The van der Waals surface area contributed by atoms with E-state index >= 15 is 0 Å². The topological polar surface area (TPSA) is 137 Å². The Morgan fingerprint density at radius 3 is 2.17 bits per heavy atom. The number of nitrogens with zero attached hydrogens (tertiary/aromatic N) is 3. The fourth-order valence-corrected chi connectivity index (χ4v) is 6.11. The summed E-state index contributed by atoms with van der Waals surface area (Å²) in [7, 11) is -3.95. The molecule has 262 valence electrons. The Bertz CT molecular complexity index is 2610. The van der Waals surface area contributed by atoms with Crippen LogP contribution in [0.2, 0.25) is 0 Å². The summed E-state index contributed by atoms with van der Waals surface area (Å²) < 4.78 is 61.2. The van der Waals surface area contributed by atoms with Gasteiger partial charge in [-0.2, -0.15) is 28.0 Å². The van der Waals surface area contributed by atoms with Crippen LogP contribution in [0.4, 0.5) is 18.9 Å². The molecule has 12 heteroatoms. The first-order chi connectivity index (χ1) is 24.6. The van der Waals surface area contributed by atoms with Crippen molar-refractivity contribution < 1.29 is 40.6 Å². The second-order valence-corrected chi connectivity index (χ2v) is 13.3. The van der Waals surface area contributed by atoms with Gasteiger partial charge in [0.1, 0.15) is 18.6 Å². The number of alkyl halides is 3. The second kappa shape index (κ2) is 15.1. The Kier molecular flexibility index (Phi) is 10.8. The Labute approximate surface area is 297 Å². The lowest BCUT2D eigenvalue weighted by Gasteiger charge is -2.15. The number of aryl methyl sites for hydroxylation is 4. The van der Waals surface area contributed by atoms with E-state index in [0.717, 1.165) is 17.7 Å². The quantitative estimate of drug-likeness (QED) is 0.0760. The minimum Gasteiger partial charge on any atom is -0.741 e. The van der Waals surface area contributed by atoms with Crippen LogP contribution in [0.3, 0.4) is 0 Å². The molecule has 5 aromatic carbocycles. The van der Waals surface area contributed by atoms with Crippen molar-refractivity contribution in [3.05, 3.63) is 142 Å². The van der Waals surface area contributed by atoms with Gasteiger partial charge < -0.3 is 14.5 Å². The normalized spacial score (nSPS) is 11.6. The number of aromatic carboxylic acids is 1. The van der Waals surface area contributed by atoms with Gasteiger partial charge in [-0.3, -0.25) is 0 Å². The van der Waals surface area contributed by atoms with Gasteiger partial charge in [0.25, 0.3) is 0 Å². The lowest BCUT2D eigenvalue weighted by atomic mass is 9.90. The molecule has 6 aromatic rings. The summed E-state index contributed by atoms with van der Waals surface area (Å²) in [6.07, 6.45) is 4.45. The molecule has 0 saturated carbocycles. The molecule has 0 aliphatic carbocycles. The first-order valence-corrected chi connectivity index (χ1v) is 17.2. The molecule has 0 fully saturated rings. The number of rotatable bonds is 4. The third-order valence-electron chi connectivity index (χ3n) is 8.38. The van der Waals surface area contributed by atoms with Crippen molar-refractivity contribution in [1.82, 2.24) is 0 Å². The van der Waals surface area contributed by atoms with Gasteiger partial charge in [-0.25, -0.2) is 8.42 Å². The molecule has 7 rings (SSSR count). The van der Waals surface area contributed by atoms with Crippen LogP contribution in [-0.2, 0) is 23.6 Å². The van der Waals surface area contributed by atoms with Crippen molar-refractivity contribution >= 4 is 49.7 Å². The fraction of sp³-hybridized carbons (Fsp3) is 0.150. The molecule has 1 aromatic heterocycles. The highest BCUT2D eigenvalue weighted by Gasteiger charge is 2.37. The van der Waals surface area contributed by atoms with Crippen molar-refractivity contribution in [3.63, 3.8) is 0 Å². The molecule has 1 aliphatic rings. The number of nitriles is 1. The lowest BCUT2D eigenvalue weighted by molar-refractivity contribution is -0.617. The Morgan fingerprint density at radius 1 is 0.904 bits per heavy atom. The minimum absolute atomic E-state index is 0.126. The molecule has 0 N–H and O–H groups in total. The van der Waals surface area contributed by atoms with Crippen molar-refractivity contribution in [2.75, 3.05) is 0 Å². The summed E-state index contributed by atoms with van der Waals surface area (Å²) in [5.41, 5.74) is 4.91. The SMILES string of the molecule is Cc1cc(CCC#N)cc(C)c1-c1cccc2c1cc1ccccc1[n+]2C.O=C([O-])c1cccc2c1=[C+]c1ccccc1N=2.O=S(=O)([O-])C(F)(F)F. The average molecular weight is 722 g/mol. The largest absolute Gasteiger partial charge is 0.741 e. The maximum atomic E-state index is 11.0. The van der Waals surface area contributed by atoms with Crippen LogP contribution in [0.15, 0.2) is 108 Å². The summed E-state index contributed by atoms with van der Waals surface area (Å²) in [6, 6.07) is 36.5. The number of hydrogen-bond acceptors (Lipinski definition) is 7. The molecule has 0 spiro atoms. The molecule has 0 unspecified atom stereocenters. The predicted molar refractivity (Wildman–Crippen MR) is 187 cm³/mol. The first-order valence-electron chi connectivity index (χ1n) is 15.8. The van der Waals surface area contributed by atoms with Gasteiger partial charge in [-0.05, 0) is 84.5 Å². The molecule has 8 nitrogen and oxygen atoms in total. The van der Waals surface area contributed by atoms with Crippen LogP contribution in [0, 0.1) is 25.2 Å². The van der Waals surface area contributed by atoms with E-state index in [-0.39, 0.29) is 5.56 Å². The molecular formula is C40H30F3N3O5S. The molecule has 0 bridgehead atoms. The Morgan fingerprint density at radius 2 is 1.52 bits per heavy atom. The van der Waals surface area contributed by atoms with Gasteiger partial charge in [0.15, 0.2) is 26.4 Å². The highest BCUT2D eigenvalue weighted by Crippen LogP contribution is 2.34. The summed E-state index contributed by atoms with van der Waals surface area (Å²) in [4.78, 5) is 15.4. The molecule has 0 atom stereocenters. The number of aromatic nitrogens is 1. The number of pyridine rings is 1. The summed E-state index contributed by atoms with van der Waals surface area (Å²) in [5, 5.41) is 23.5. The molecule has 0 amide bonds. The van der Waals surface area contributed by atoms with E-state index in [0.29, 0.717) is 17.0 Å². The van der Waals surface area contributed by atoms with Gasteiger partial charge >= 0.3 is 5.51 Å². The van der Waals surface area contributed by atoms with Crippen molar-refractivity contribution in [1.29, 1.82) is 5.26 Å². The molecule has 0 radical (unpaired) electrons. The number of halogens is 3. The third-order valence-corrected chi connectivity index (χ3v) is 8.95. The number of fused-ring (bicyclic) bond motifs is 4. The fourth-order valence-electron chi connectivity index (χ4n) is 6.11. The van der Waals surface area contributed by atoms with Crippen LogP contribution in [0.25, 0.3) is 39.0 Å². The molecule has 0 saturated heterocycles. The van der Waals surface area contributed by atoms with Crippen LogP contribution in [0.1, 0.15) is 39.0 Å². The highest BCUT2D eigenvalue weighted by atomic mass is 32.2. The van der Waals surface area contributed by atoms with E-state index in [9.17, 15) is 23.1 Å². The van der Waals surface area contributed by atoms with Gasteiger partial charge in [0.2, 0.25) is 11.0 Å². The summed E-state index contributed by atoms with van der Waals surface area (Å²) in [6.45, 7) is 4.36. The smallest absolute Gasteiger partial charge is 0.485 e. The second-order valence-electron chi connectivity index (χ2n) is 11.9. The van der Waals surface area contributed by atoms with Crippen molar-refractivity contribution in [2.45, 2.75) is 32.2 Å². The number of carboxylic acids is 1. The number of carbonyl (C=O) groups is 1. The Hall–Kier alpha value is -5.99. The number of carbonyl (C=O) groups excluding carboxylic acids is 1. The standard InChI is InChI=1S/C25H23N2.C14H7NO2.CHF3O3S/c1-17-14-19(8-7-13-26)15-18(2)25(17)21-10-6-12-24-22(21)16-20-9-4-5-11-23(20)27(24)3;16-14(17)10-5-3-7-13-11(10)8-9-4-1-2-6-12(9)15-13;2-1(3,4)8(5,6)7/h4-6,9-12,14-16H,7-8H2,1-3H3;1-7H;(H,5,6,7)/q+1;;/p-1. The van der Waals surface area contributed by atoms with Crippen LogP contribution < -0.4 is 20.2 Å². The first kappa shape index (κ1) is 37.3. The number of carboxylic acid groups (broad SMARTS) is 1. The number of para-hydroxylation sites is 2. The highest BCUT2D eigenvalue weighted by molar-refractivity contribution is 7.86. The molecule has 2 heterocycles. The van der Waals surface area contributed by atoms with E-state index in [4.69, 9.17) is 18.2 Å². The zero-order valence-electron chi connectivity index (χ0n) is 28.2. The van der Waals surface area contributed by atoms with Crippen molar-refractivity contribution in [2.24, 2.45) is 12.0 Å². The van der Waals surface area contributed by atoms with Crippen molar-refractivity contribution in [3.8, 4) is 17.2 Å². The van der Waals surface area contributed by atoms with Gasteiger partial charge in [0, 0.05) is 48.2 Å². The Balaban J connectivity index is 0.000000178. The van der Waals surface area contributed by atoms with E-state index in [1.165, 1.54) is 55.7 Å². The number of hydrogen-bond donors (Lipinski definition) is 0. The van der Waals surface area contributed by atoms with Gasteiger partial charge in [-0.1, -0.05) is 36.4 Å². The third kappa shape index (κ3) is 7.98. The summed E-state index contributed by atoms with van der Waals surface area (Å²) in [5.74, 6) is -1.20. The minimum atomic E-state index is -6.09. The van der Waals surface area contributed by atoms with E-state index in [1.807, 2.05) is 24.3 Å². The van der Waals surface area contributed by atoms with Gasteiger partial charge in [-0.15, -0.1) is 0 Å². The van der Waals surface area contributed by atoms with Crippen LogP contribution >= 0.6 is 0 Å². The summed E-state index contributed by atoms with van der Waals surface area (Å²) >= 11 is 0. The lowest BCUT2D eigenvalue weighted by Crippen LogP contribution is -2.37. The molecule has 52 heavy (non-hydrogen) atoms. The maximum absolute atomic E-state index is 11.0. The monoisotopic (exact) mass is 721 g/mol. The van der Waals surface area contributed by atoms with E-state index in [2.05, 4.69) is 103 Å². The van der Waals surface area contributed by atoms with E-state index in [1.54, 1.807) is 12.1 Å².